The first kappa shape index (κ1) is 19.5. The van der Waals surface area contributed by atoms with Crippen LogP contribution in [0.25, 0.3) is 11.3 Å². The summed E-state index contributed by atoms with van der Waals surface area (Å²) in [6.07, 6.45) is -4.42. The summed E-state index contributed by atoms with van der Waals surface area (Å²) in [6.45, 7) is 2.43. The van der Waals surface area contributed by atoms with Crippen molar-refractivity contribution in [2.75, 3.05) is 6.61 Å². The van der Waals surface area contributed by atoms with Gasteiger partial charge in [0.1, 0.15) is 11.4 Å². The number of amides is 1. The van der Waals surface area contributed by atoms with Crippen LogP contribution in [0.15, 0.2) is 54.6 Å². The predicted molar refractivity (Wildman–Crippen MR) is 97.8 cm³/mol. The van der Waals surface area contributed by atoms with E-state index in [1.54, 1.807) is 18.2 Å². The van der Waals surface area contributed by atoms with Crippen molar-refractivity contribution in [3.63, 3.8) is 0 Å². The van der Waals surface area contributed by atoms with Gasteiger partial charge in [0.2, 0.25) is 0 Å². The number of benzene rings is 2. The lowest BCUT2D eigenvalue weighted by Gasteiger charge is -2.09. The fourth-order valence-corrected chi connectivity index (χ4v) is 2.61. The van der Waals surface area contributed by atoms with Gasteiger partial charge in [-0.2, -0.15) is 18.3 Å². The Morgan fingerprint density at radius 3 is 2.57 bits per heavy atom. The average molecular weight is 389 g/mol. The molecule has 1 amide bonds. The third-order valence-electron chi connectivity index (χ3n) is 3.99. The maximum absolute atomic E-state index is 12.8. The minimum atomic E-state index is -4.42. The van der Waals surface area contributed by atoms with Crippen molar-refractivity contribution in [3.05, 3.63) is 71.4 Å². The first-order valence-electron chi connectivity index (χ1n) is 8.60. The number of ether oxygens (including phenoxy) is 1. The fraction of sp³-hybridized carbons (Fsp3) is 0.200. The second-order valence-electron chi connectivity index (χ2n) is 6.01. The van der Waals surface area contributed by atoms with Gasteiger partial charge in [0, 0.05) is 12.1 Å². The van der Waals surface area contributed by atoms with Gasteiger partial charge in [0.15, 0.2) is 0 Å². The molecule has 2 aromatic carbocycles. The topological polar surface area (TPSA) is 67.0 Å². The van der Waals surface area contributed by atoms with Crippen LogP contribution in [0.1, 0.15) is 28.5 Å². The summed E-state index contributed by atoms with van der Waals surface area (Å²) in [7, 11) is 0. The van der Waals surface area contributed by atoms with Gasteiger partial charge in [0.05, 0.1) is 17.9 Å². The molecule has 0 aliphatic carbocycles. The van der Waals surface area contributed by atoms with E-state index in [1.807, 2.05) is 19.1 Å². The van der Waals surface area contributed by atoms with Crippen molar-refractivity contribution in [2.45, 2.75) is 19.6 Å². The lowest BCUT2D eigenvalue weighted by molar-refractivity contribution is -0.137. The van der Waals surface area contributed by atoms with Gasteiger partial charge in [0.25, 0.3) is 5.91 Å². The number of rotatable bonds is 6. The van der Waals surface area contributed by atoms with Crippen molar-refractivity contribution in [1.29, 1.82) is 0 Å². The number of nitrogens with one attached hydrogen (secondary N) is 2. The molecule has 0 saturated carbocycles. The summed E-state index contributed by atoms with van der Waals surface area (Å²) in [4.78, 5) is 12.3. The van der Waals surface area contributed by atoms with Crippen LogP contribution in [0.4, 0.5) is 13.2 Å². The largest absolute Gasteiger partial charge is 0.494 e. The molecule has 28 heavy (non-hydrogen) atoms. The molecule has 0 saturated heterocycles. The molecule has 0 radical (unpaired) electrons. The third kappa shape index (κ3) is 4.70. The number of nitrogens with zero attached hydrogens (tertiary/aromatic N) is 1. The molecule has 0 aliphatic heterocycles. The Hall–Kier alpha value is -3.29. The summed E-state index contributed by atoms with van der Waals surface area (Å²) < 4.78 is 43.6. The van der Waals surface area contributed by atoms with E-state index in [4.69, 9.17) is 4.74 Å². The molecule has 0 bridgehead atoms. The normalized spacial score (nSPS) is 11.3. The number of hydrogen-bond donors (Lipinski definition) is 2. The molecule has 1 heterocycles. The van der Waals surface area contributed by atoms with Crippen LogP contribution in [0.5, 0.6) is 5.75 Å². The molecule has 0 spiro atoms. The highest BCUT2D eigenvalue weighted by Crippen LogP contribution is 2.29. The summed E-state index contributed by atoms with van der Waals surface area (Å²) in [5.74, 6) is 0.280. The predicted octanol–water partition coefficient (Wildman–Crippen LogP) is 4.42. The van der Waals surface area contributed by atoms with Gasteiger partial charge in [-0.05, 0) is 55.0 Å². The van der Waals surface area contributed by atoms with E-state index in [1.165, 1.54) is 12.1 Å². The molecule has 146 valence electrons. The first-order chi connectivity index (χ1) is 13.4. The zero-order valence-electron chi connectivity index (χ0n) is 15.0. The van der Waals surface area contributed by atoms with E-state index in [-0.39, 0.29) is 12.2 Å². The van der Waals surface area contributed by atoms with Crippen LogP contribution >= 0.6 is 0 Å². The molecule has 0 fully saturated rings. The van der Waals surface area contributed by atoms with Crippen molar-refractivity contribution in [3.8, 4) is 17.0 Å². The zero-order valence-corrected chi connectivity index (χ0v) is 15.0. The van der Waals surface area contributed by atoms with E-state index in [9.17, 15) is 18.0 Å². The van der Waals surface area contributed by atoms with Crippen LogP contribution in [0.2, 0.25) is 0 Å². The maximum Gasteiger partial charge on any atom is 0.416 e. The van der Waals surface area contributed by atoms with Crippen LogP contribution in [-0.2, 0) is 12.7 Å². The van der Waals surface area contributed by atoms with E-state index in [2.05, 4.69) is 15.5 Å². The molecule has 0 atom stereocenters. The number of alkyl halides is 3. The van der Waals surface area contributed by atoms with Gasteiger partial charge in [-0.25, -0.2) is 0 Å². The monoisotopic (exact) mass is 389 g/mol. The number of carbonyl (C=O) groups is 1. The molecule has 0 aliphatic rings. The Labute approximate surface area is 159 Å². The second kappa shape index (κ2) is 8.16. The lowest BCUT2D eigenvalue weighted by atomic mass is 10.1. The molecule has 3 rings (SSSR count). The smallest absolute Gasteiger partial charge is 0.416 e. The van der Waals surface area contributed by atoms with Crippen LogP contribution in [0.3, 0.4) is 0 Å². The van der Waals surface area contributed by atoms with E-state index in [0.717, 1.165) is 23.4 Å². The molecule has 8 heteroatoms. The van der Waals surface area contributed by atoms with Crippen molar-refractivity contribution >= 4 is 5.91 Å². The van der Waals surface area contributed by atoms with Crippen LogP contribution < -0.4 is 10.1 Å². The number of H-pyrrole nitrogens is 1. The van der Waals surface area contributed by atoms with Gasteiger partial charge in [-0.15, -0.1) is 0 Å². The minimum absolute atomic E-state index is 0.0276. The van der Waals surface area contributed by atoms with Crippen LogP contribution in [-0.4, -0.2) is 22.7 Å². The van der Waals surface area contributed by atoms with Gasteiger partial charge in [-0.1, -0.05) is 12.1 Å². The number of aromatic nitrogens is 2. The minimum Gasteiger partial charge on any atom is -0.494 e. The Morgan fingerprint density at radius 2 is 1.89 bits per heavy atom. The average Bonchev–Trinajstić information content (AvgIpc) is 3.17. The lowest BCUT2D eigenvalue weighted by Crippen LogP contribution is -2.23. The third-order valence-corrected chi connectivity index (χ3v) is 3.99. The highest BCUT2D eigenvalue weighted by Gasteiger charge is 2.30. The Morgan fingerprint density at radius 1 is 1.14 bits per heavy atom. The Balaban J connectivity index is 1.64. The second-order valence-corrected chi connectivity index (χ2v) is 6.01. The molecular formula is C20H18F3N3O2. The summed E-state index contributed by atoms with van der Waals surface area (Å²) in [5.41, 5.74) is 1.20. The van der Waals surface area contributed by atoms with Crippen LogP contribution in [0, 0.1) is 0 Å². The summed E-state index contributed by atoms with van der Waals surface area (Å²) >= 11 is 0. The summed E-state index contributed by atoms with van der Waals surface area (Å²) in [6, 6.07) is 13.7. The maximum atomic E-state index is 12.8. The molecule has 1 aromatic heterocycles. The molecule has 2 N–H and O–H groups in total. The standard InChI is InChI=1S/C20H18F3N3O2/c1-2-28-16-8-6-14(7-9-16)17-11-18(26-25-17)19(27)24-12-13-4-3-5-15(10-13)20(21,22)23/h3-11H,2,12H2,1H3,(H,24,27)(H,25,26). The van der Waals surface area contributed by atoms with Gasteiger partial charge >= 0.3 is 6.18 Å². The highest BCUT2D eigenvalue weighted by atomic mass is 19.4. The van der Waals surface area contributed by atoms with Crippen molar-refractivity contribution < 1.29 is 22.7 Å². The fourth-order valence-electron chi connectivity index (χ4n) is 2.61. The number of aromatic amines is 1. The molecule has 0 unspecified atom stereocenters. The number of halogens is 3. The number of carbonyl (C=O) groups excluding carboxylic acids is 1. The van der Waals surface area contributed by atoms with E-state index >= 15 is 0 Å². The van der Waals surface area contributed by atoms with E-state index in [0.29, 0.717) is 17.9 Å². The first-order valence-corrected chi connectivity index (χ1v) is 8.60. The van der Waals surface area contributed by atoms with Crippen molar-refractivity contribution in [1.82, 2.24) is 15.5 Å². The zero-order chi connectivity index (χ0) is 20.1. The van der Waals surface area contributed by atoms with Crippen molar-refractivity contribution in [2.24, 2.45) is 0 Å². The summed E-state index contributed by atoms with van der Waals surface area (Å²) in [5, 5.41) is 9.34. The number of hydrogen-bond acceptors (Lipinski definition) is 3. The van der Waals surface area contributed by atoms with E-state index < -0.39 is 17.6 Å². The molecule has 5 nitrogen and oxygen atoms in total. The highest BCUT2D eigenvalue weighted by molar-refractivity contribution is 5.93. The SMILES string of the molecule is CCOc1ccc(-c2cc(C(=O)NCc3cccc(C(F)(F)F)c3)[nH]n2)cc1. The Bertz CT molecular complexity index is 950. The van der Waals surface area contributed by atoms with Gasteiger partial charge < -0.3 is 10.1 Å². The quantitative estimate of drug-likeness (QED) is 0.656. The molecule has 3 aromatic rings. The Kier molecular flexibility index (Phi) is 5.67. The molecular weight excluding hydrogens is 371 g/mol. The van der Waals surface area contributed by atoms with Gasteiger partial charge in [-0.3, -0.25) is 9.89 Å².